The number of nitrogens with zero attached hydrogens (tertiary/aromatic N) is 2. The van der Waals surface area contributed by atoms with Crippen molar-refractivity contribution in [2.75, 3.05) is 30.4 Å². The molecule has 1 fully saturated rings. The molecule has 1 N–H and O–H groups in total. The van der Waals surface area contributed by atoms with E-state index in [9.17, 15) is 18.4 Å². The summed E-state index contributed by atoms with van der Waals surface area (Å²) in [6, 6.07) is 10.9. The number of amides is 2. The van der Waals surface area contributed by atoms with Crippen LogP contribution in [0.2, 0.25) is 0 Å². The Morgan fingerprint density at radius 2 is 1.96 bits per heavy atom. The minimum Gasteiger partial charge on any atom is -0.323 e. The number of hydrogen-bond acceptors (Lipinski definition) is 3. The Morgan fingerprint density at radius 1 is 1.19 bits per heavy atom. The largest absolute Gasteiger partial charge is 0.323 e. The molecule has 2 amide bonds. The van der Waals surface area contributed by atoms with Crippen molar-refractivity contribution in [3.63, 3.8) is 0 Å². The zero-order chi connectivity index (χ0) is 19.4. The van der Waals surface area contributed by atoms with Gasteiger partial charge in [-0.3, -0.25) is 14.5 Å². The van der Waals surface area contributed by atoms with Crippen molar-refractivity contribution in [1.82, 2.24) is 4.90 Å². The van der Waals surface area contributed by atoms with Gasteiger partial charge in [-0.05, 0) is 43.3 Å². The molecular weight excluding hydrogens is 352 g/mol. The van der Waals surface area contributed by atoms with E-state index in [0.717, 1.165) is 18.6 Å². The molecule has 0 spiro atoms. The zero-order valence-electron chi connectivity index (χ0n) is 15.0. The number of nitrogens with one attached hydrogen (secondary N) is 1. The molecule has 1 aliphatic rings. The number of carbonyl (C=O) groups is 2. The fraction of sp³-hybridized carbons (Fsp3) is 0.300. The average molecular weight is 373 g/mol. The lowest BCUT2D eigenvalue weighted by Gasteiger charge is -2.21. The second-order valence-corrected chi connectivity index (χ2v) is 6.64. The molecule has 0 saturated carbocycles. The van der Waals surface area contributed by atoms with Crippen molar-refractivity contribution in [2.45, 2.75) is 19.4 Å². The van der Waals surface area contributed by atoms with Crippen LogP contribution in [-0.2, 0) is 16.1 Å². The standard InChI is InChI=1S/C20H21F2N3O2/c1-24(12-14-8-9-15(21)16(22)11-14)13-19(26)23-17-5-2-3-6-18(17)25-10-4-7-20(25)27/h2-3,5-6,8-9,11H,4,7,10,12-13H2,1H3,(H,23,26). The van der Waals surface area contributed by atoms with E-state index < -0.39 is 11.6 Å². The summed E-state index contributed by atoms with van der Waals surface area (Å²) in [5.74, 6) is -2.01. The first-order chi connectivity index (χ1) is 12.9. The highest BCUT2D eigenvalue weighted by Crippen LogP contribution is 2.29. The molecule has 2 aromatic carbocycles. The van der Waals surface area contributed by atoms with Gasteiger partial charge in [0.25, 0.3) is 0 Å². The lowest BCUT2D eigenvalue weighted by Crippen LogP contribution is -2.31. The van der Waals surface area contributed by atoms with Crippen LogP contribution < -0.4 is 10.2 Å². The molecule has 0 unspecified atom stereocenters. The molecule has 7 heteroatoms. The smallest absolute Gasteiger partial charge is 0.238 e. The minimum absolute atomic E-state index is 0.0483. The van der Waals surface area contributed by atoms with Gasteiger partial charge in [-0.15, -0.1) is 0 Å². The number of para-hydroxylation sites is 2. The van der Waals surface area contributed by atoms with Crippen molar-refractivity contribution >= 4 is 23.2 Å². The minimum atomic E-state index is -0.908. The van der Waals surface area contributed by atoms with Crippen molar-refractivity contribution in [3.8, 4) is 0 Å². The van der Waals surface area contributed by atoms with Gasteiger partial charge in [0.1, 0.15) is 0 Å². The number of carbonyl (C=O) groups excluding carboxylic acids is 2. The third-order valence-electron chi connectivity index (χ3n) is 4.39. The van der Waals surface area contributed by atoms with E-state index >= 15 is 0 Å². The van der Waals surface area contributed by atoms with Crippen LogP contribution in [0, 0.1) is 11.6 Å². The summed E-state index contributed by atoms with van der Waals surface area (Å²) < 4.78 is 26.3. The maximum Gasteiger partial charge on any atom is 0.238 e. The van der Waals surface area contributed by atoms with Crippen molar-refractivity contribution < 1.29 is 18.4 Å². The molecule has 1 heterocycles. The van der Waals surface area contributed by atoms with Crippen LogP contribution in [0.15, 0.2) is 42.5 Å². The third-order valence-corrected chi connectivity index (χ3v) is 4.39. The van der Waals surface area contributed by atoms with E-state index in [-0.39, 0.29) is 18.4 Å². The fourth-order valence-electron chi connectivity index (χ4n) is 3.16. The fourth-order valence-corrected chi connectivity index (χ4v) is 3.16. The molecule has 0 radical (unpaired) electrons. The summed E-state index contributed by atoms with van der Waals surface area (Å²) in [6.45, 7) is 1.01. The first kappa shape index (κ1) is 19.0. The van der Waals surface area contributed by atoms with Crippen LogP contribution in [-0.4, -0.2) is 36.9 Å². The first-order valence-electron chi connectivity index (χ1n) is 8.76. The Morgan fingerprint density at radius 3 is 2.67 bits per heavy atom. The van der Waals surface area contributed by atoms with Gasteiger partial charge in [-0.1, -0.05) is 18.2 Å². The maximum atomic E-state index is 13.3. The number of hydrogen-bond donors (Lipinski definition) is 1. The van der Waals surface area contributed by atoms with Crippen LogP contribution >= 0.6 is 0 Å². The maximum absolute atomic E-state index is 13.3. The number of rotatable bonds is 6. The Balaban J connectivity index is 1.62. The van der Waals surface area contributed by atoms with Crippen molar-refractivity contribution in [3.05, 3.63) is 59.7 Å². The van der Waals surface area contributed by atoms with E-state index in [2.05, 4.69) is 5.32 Å². The van der Waals surface area contributed by atoms with Crippen LogP contribution in [0.3, 0.4) is 0 Å². The SMILES string of the molecule is CN(CC(=O)Nc1ccccc1N1CCCC1=O)Cc1ccc(F)c(F)c1. The molecule has 0 bridgehead atoms. The van der Waals surface area contributed by atoms with Gasteiger partial charge in [0.05, 0.1) is 17.9 Å². The Bertz CT molecular complexity index is 857. The molecule has 1 saturated heterocycles. The normalized spacial score (nSPS) is 14.1. The van der Waals surface area contributed by atoms with Gasteiger partial charge >= 0.3 is 0 Å². The third kappa shape index (κ3) is 4.68. The Hall–Kier alpha value is -2.80. The number of benzene rings is 2. The molecule has 0 atom stereocenters. The monoisotopic (exact) mass is 373 g/mol. The van der Waals surface area contributed by atoms with Crippen molar-refractivity contribution in [2.24, 2.45) is 0 Å². The van der Waals surface area contributed by atoms with E-state index in [4.69, 9.17) is 0 Å². The molecule has 1 aliphatic heterocycles. The van der Waals surface area contributed by atoms with Crippen LogP contribution in [0.25, 0.3) is 0 Å². The van der Waals surface area contributed by atoms with Gasteiger partial charge in [0, 0.05) is 19.5 Å². The zero-order valence-corrected chi connectivity index (χ0v) is 15.0. The first-order valence-corrected chi connectivity index (χ1v) is 8.76. The molecule has 5 nitrogen and oxygen atoms in total. The Kier molecular flexibility index (Phi) is 5.81. The van der Waals surface area contributed by atoms with Crippen LogP contribution in [0.1, 0.15) is 18.4 Å². The molecule has 0 aliphatic carbocycles. The molecule has 142 valence electrons. The summed E-state index contributed by atoms with van der Waals surface area (Å²) in [6.07, 6.45) is 1.32. The number of anilines is 2. The van der Waals surface area contributed by atoms with Gasteiger partial charge in [0.2, 0.25) is 11.8 Å². The predicted molar refractivity (Wildman–Crippen MR) is 99.4 cm³/mol. The van der Waals surface area contributed by atoms with Gasteiger partial charge in [0.15, 0.2) is 11.6 Å². The molecule has 27 heavy (non-hydrogen) atoms. The van der Waals surface area contributed by atoms with Gasteiger partial charge in [-0.25, -0.2) is 8.78 Å². The molecular formula is C20H21F2N3O2. The van der Waals surface area contributed by atoms with E-state index in [1.54, 1.807) is 29.0 Å². The van der Waals surface area contributed by atoms with E-state index in [1.807, 2.05) is 12.1 Å². The second-order valence-electron chi connectivity index (χ2n) is 6.64. The number of likely N-dealkylation sites (N-methyl/N-ethyl adjacent to an activating group) is 1. The lowest BCUT2D eigenvalue weighted by molar-refractivity contribution is -0.118. The van der Waals surface area contributed by atoms with Crippen molar-refractivity contribution in [1.29, 1.82) is 0 Å². The summed E-state index contributed by atoms with van der Waals surface area (Å²) in [4.78, 5) is 27.8. The summed E-state index contributed by atoms with van der Waals surface area (Å²) in [5, 5.41) is 2.84. The highest BCUT2D eigenvalue weighted by molar-refractivity contribution is 6.02. The summed E-state index contributed by atoms with van der Waals surface area (Å²) >= 11 is 0. The molecule has 3 rings (SSSR count). The van der Waals surface area contributed by atoms with E-state index in [0.29, 0.717) is 36.4 Å². The highest BCUT2D eigenvalue weighted by Gasteiger charge is 2.24. The van der Waals surface area contributed by atoms with Crippen LogP contribution in [0.4, 0.5) is 20.2 Å². The topological polar surface area (TPSA) is 52.7 Å². The van der Waals surface area contributed by atoms with E-state index in [1.165, 1.54) is 6.07 Å². The van der Waals surface area contributed by atoms with Gasteiger partial charge < -0.3 is 10.2 Å². The second kappa shape index (κ2) is 8.26. The molecule has 2 aromatic rings. The lowest BCUT2D eigenvalue weighted by atomic mass is 10.2. The van der Waals surface area contributed by atoms with Gasteiger partial charge in [-0.2, -0.15) is 0 Å². The predicted octanol–water partition coefficient (Wildman–Crippen LogP) is 3.16. The Labute approximate surface area is 156 Å². The average Bonchev–Trinajstić information content (AvgIpc) is 3.04. The van der Waals surface area contributed by atoms with Crippen LogP contribution in [0.5, 0.6) is 0 Å². The summed E-state index contributed by atoms with van der Waals surface area (Å²) in [5.41, 5.74) is 1.85. The quantitative estimate of drug-likeness (QED) is 0.846. The number of halogens is 2. The summed E-state index contributed by atoms with van der Waals surface area (Å²) in [7, 11) is 1.72. The highest BCUT2D eigenvalue weighted by atomic mass is 19.2. The molecule has 0 aromatic heterocycles.